The molecule has 7 heteroatoms. The molecule has 4 rings (SSSR count). The number of pyridine rings is 1. The fraction of sp³-hybridized carbons (Fsp3) is 0.364. The number of aromatic amines is 1. The van der Waals surface area contributed by atoms with Crippen LogP contribution in [0.4, 0.5) is 0 Å². The van der Waals surface area contributed by atoms with Crippen molar-refractivity contribution in [3.63, 3.8) is 0 Å². The molecule has 2 aromatic heterocycles. The zero-order chi connectivity index (χ0) is 20.5. The van der Waals surface area contributed by atoms with Gasteiger partial charge in [0.2, 0.25) is 0 Å². The monoisotopic (exact) mass is 391 g/mol. The summed E-state index contributed by atoms with van der Waals surface area (Å²) in [6, 6.07) is 11.3. The molecule has 1 atom stereocenters. The minimum Gasteiger partial charge on any atom is -0.366 e. The van der Waals surface area contributed by atoms with Crippen LogP contribution in [0.2, 0.25) is 0 Å². The predicted octanol–water partition coefficient (Wildman–Crippen LogP) is 3.20. The van der Waals surface area contributed by atoms with Crippen LogP contribution in [0.5, 0.6) is 0 Å². The first-order valence-corrected chi connectivity index (χ1v) is 9.98. The fourth-order valence-corrected chi connectivity index (χ4v) is 3.93. The molecule has 0 spiro atoms. The molecule has 3 heterocycles. The summed E-state index contributed by atoms with van der Waals surface area (Å²) in [5.74, 6) is -0.351. The Bertz CT molecular complexity index is 1070. The van der Waals surface area contributed by atoms with Gasteiger partial charge in [-0.25, -0.2) is 0 Å². The quantitative estimate of drug-likeness (QED) is 0.712. The SMILES string of the molecule is CC(C)c1cc(C(=O)N2CCC[C@@H](c3nc4ccccc4cc3C(N)=O)C2)n[nH]1. The number of hydrogen-bond donors (Lipinski definition) is 2. The Kier molecular flexibility index (Phi) is 5.05. The third-order valence-electron chi connectivity index (χ3n) is 5.55. The van der Waals surface area contributed by atoms with Crippen molar-refractivity contribution in [2.75, 3.05) is 13.1 Å². The molecular weight excluding hydrogens is 366 g/mol. The van der Waals surface area contributed by atoms with Crippen LogP contribution in [0.15, 0.2) is 36.4 Å². The molecule has 1 aliphatic heterocycles. The molecule has 7 nitrogen and oxygen atoms in total. The smallest absolute Gasteiger partial charge is 0.274 e. The van der Waals surface area contributed by atoms with Crippen molar-refractivity contribution < 1.29 is 9.59 Å². The molecular formula is C22H25N5O2. The van der Waals surface area contributed by atoms with Crippen molar-refractivity contribution in [3.8, 4) is 0 Å². The minimum atomic E-state index is -0.490. The van der Waals surface area contributed by atoms with Gasteiger partial charge in [-0.1, -0.05) is 32.0 Å². The van der Waals surface area contributed by atoms with E-state index in [1.807, 2.05) is 36.4 Å². The van der Waals surface area contributed by atoms with E-state index in [0.29, 0.717) is 30.0 Å². The number of amides is 2. The maximum Gasteiger partial charge on any atom is 0.274 e. The molecule has 1 aliphatic rings. The first-order chi connectivity index (χ1) is 13.9. The van der Waals surface area contributed by atoms with Crippen molar-refractivity contribution in [3.05, 3.63) is 59.0 Å². The van der Waals surface area contributed by atoms with Gasteiger partial charge in [-0.05, 0) is 37.0 Å². The Hall–Kier alpha value is -3.22. The van der Waals surface area contributed by atoms with E-state index in [-0.39, 0.29) is 17.7 Å². The number of carbonyl (C=O) groups is 2. The first-order valence-electron chi connectivity index (χ1n) is 9.98. The average Bonchev–Trinajstić information content (AvgIpc) is 3.23. The standard InChI is InChI=1S/C22H25N5O2/c1-13(2)18-11-19(26-25-18)22(29)27-9-5-7-15(12-27)20-16(21(23)28)10-14-6-3-4-8-17(14)24-20/h3-4,6,8,10-11,13,15H,5,7,9,12H2,1-2H3,(H2,23,28)(H,25,26)/t15-/m1/s1. The van der Waals surface area contributed by atoms with Gasteiger partial charge in [0.05, 0.1) is 16.8 Å². The van der Waals surface area contributed by atoms with Gasteiger partial charge >= 0.3 is 0 Å². The number of nitrogens with one attached hydrogen (secondary N) is 1. The number of aromatic nitrogens is 3. The number of benzene rings is 1. The number of carbonyl (C=O) groups excluding carboxylic acids is 2. The molecule has 1 saturated heterocycles. The highest BCUT2D eigenvalue weighted by Gasteiger charge is 2.30. The van der Waals surface area contributed by atoms with E-state index in [1.165, 1.54) is 0 Å². The summed E-state index contributed by atoms with van der Waals surface area (Å²) in [5, 5.41) is 8.01. The Morgan fingerprint density at radius 1 is 1.24 bits per heavy atom. The summed E-state index contributed by atoms with van der Waals surface area (Å²) in [6.07, 6.45) is 1.69. The topological polar surface area (TPSA) is 105 Å². The van der Waals surface area contributed by atoms with Crippen LogP contribution < -0.4 is 5.73 Å². The number of rotatable bonds is 4. The number of piperidine rings is 1. The van der Waals surface area contributed by atoms with E-state index in [4.69, 9.17) is 10.7 Å². The molecule has 0 aliphatic carbocycles. The summed E-state index contributed by atoms with van der Waals surface area (Å²) in [7, 11) is 0. The number of fused-ring (bicyclic) bond motifs is 1. The third kappa shape index (κ3) is 3.72. The minimum absolute atomic E-state index is 0.0386. The lowest BCUT2D eigenvalue weighted by Gasteiger charge is -2.32. The summed E-state index contributed by atoms with van der Waals surface area (Å²) < 4.78 is 0. The molecule has 0 radical (unpaired) electrons. The maximum absolute atomic E-state index is 13.0. The second-order valence-electron chi connectivity index (χ2n) is 7.93. The van der Waals surface area contributed by atoms with Gasteiger partial charge in [0.15, 0.2) is 0 Å². The number of nitrogens with two attached hydrogens (primary N) is 1. The van der Waals surface area contributed by atoms with Crippen LogP contribution in [0, 0.1) is 0 Å². The lowest BCUT2D eigenvalue weighted by atomic mass is 9.90. The normalized spacial score (nSPS) is 17.1. The maximum atomic E-state index is 13.0. The molecule has 3 aromatic rings. The van der Waals surface area contributed by atoms with Gasteiger partial charge in [-0.15, -0.1) is 0 Å². The van der Waals surface area contributed by atoms with Gasteiger partial charge in [0.25, 0.3) is 11.8 Å². The van der Waals surface area contributed by atoms with E-state index in [0.717, 1.165) is 29.4 Å². The van der Waals surface area contributed by atoms with E-state index >= 15 is 0 Å². The van der Waals surface area contributed by atoms with Gasteiger partial charge in [0.1, 0.15) is 5.69 Å². The largest absolute Gasteiger partial charge is 0.366 e. The molecule has 150 valence electrons. The second-order valence-corrected chi connectivity index (χ2v) is 7.93. The van der Waals surface area contributed by atoms with Gasteiger partial charge in [-0.2, -0.15) is 5.10 Å². The second kappa shape index (κ2) is 7.66. The predicted molar refractivity (Wildman–Crippen MR) is 111 cm³/mol. The van der Waals surface area contributed by atoms with Crippen molar-refractivity contribution in [2.45, 2.75) is 38.5 Å². The molecule has 0 unspecified atom stereocenters. The van der Waals surface area contributed by atoms with E-state index in [1.54, 1.807) is 4.90 Å². The molecule has 0 saturated carbocycles. The summed E-state index contributed by atoms with van der Waals surface area (Å²) >= 11 is 0. The van der Waals surface area contributed by atoms with Gasteiger partial charge in [0, 0.05) is 30.1 Å². The Labute approximate surface area is 169 Å². The number of para-hydroxylation sites is 1. The van der Waals surface area contributed by atoms with Crippen LogP contribution in [-0.4, -0.2) is 45.0 Å². The van der Waals surface area contributed by atoms with Gasteiger partial charge in [-0.3, -0.25) is 19.7 Å². The number of likely N-dealkylation sites (tertiary alicyclic amines) is 1. The Morgan fingerprint density at radius 3 is 2.76 bits per heavy atom. The van der Waals surface area contributed by atoms with E-state index in [9.17, 15) is 9.59 Å². The highest BCUT2D eigenvalue weighted by molar-refractivity contribution is 5.98. The summed E-state index contributed by atoms with van der Waals surface area (Å²) in [6.45, 7) is 5.26. The number of H-pyrrole nitrogens is 1. The fourth-order valence-electron chi connectivity index (χ4n) is 3.93. The molecule has 0 bridgehead atoms. The van der Waals surface area contributed by atoms with Crippen molar-refractivity contribution in [1.29, 1.82) is 0 Å². The van der Waals surface area contributed by atoms with E-state index < -0.39 is 5.91 Å². The van der Waals surface area contributed by atoms with Crippen molar-refractivity contribution in [1.82, 2.24) is 20.1 Å². The van der Waals surface area contributed by atoms with E-state index in [2.05, 4.69) is 24.0 Å². The van der Waals surface area contributed by atoms with Crippen LogP contribution in [0.1, 0.15) is 70.8 Å². The first kappa shape index (κ1) is 19.1. The van der Waals surface area contributed by atoms with Crippen LogP contribution in [0.3, 0.4) is 0 Å². The third-order valence-corrected chi connectivity index (χ3v) is 5.55. The van der Waals surface area contributed by atoms with Gasteiger partial charge < -0.3 is 10.6 Å². The average molecular weight is 391 g/mol. The number of nitrogens with zero attached hydrogens (tertiary/aromatic N) is 3. The van der Waals surface area contributed by atoms with Crippen molar-refractivity contribution >= 4 is 22.7 Å². The molecule has 1 fully saturated rings. The zero-order valence-electron chi connectivity index (χ0n) is 16.7. The number of hydrogen-bond acceptors (Lipinski definition) is 4. The Morgan fingerprint density at radius 2 is 2.03 bits per heavy atom. The van der Waals surface area contributed by atoms with Crippen LogP contribution in [-0.2, 0) is 0 Å². The van der Waals surface area contributed by atoms with Crippen molar-refractivity contribution in [2.24, 2.45) is 5.73 Å². The highest BCUT2D eigenvalue weighted by Crippen LogP contribution is 2.30. The summed E-state index contributed by atoms with van der Waals surface area (Å²) in [4.78, 5) is 31.6. The van der Waals surface area contributed by atoms with Crippen LogP contribution in [0.25, 0.3) is 10.9 Å². The molecule has 3 N–H and O–H groups in total. The summed E-state index contributed by atoms with van der Waals surface area (Å²) in [5.41, 5.74) is 8.96. The lowest BCUT2D eigenvalue weighted by molar-refractivity contribution is 0.0700. The highest BCUT2D eigenvalue weighted by atomic mass is 16.2. The molecule has 2 amide bonds. The molecule has 1 aromatic carbocycles. The van der Waals surface area contributed by atoms with Crippen LogP contribution >= 0.6 is 0 Å². The number of primary amides is 1. The zero-order valence-corrected chi connectivity index (χ0v) is 16.7. The Balaban J connectivity index is 1.63. The lowest BCUT2D eigenvalue weighted by Crippen LogP contribution is -2.40. The molecule has 29 heavy (non-hydrogen) atoms.